The quantitative estimate of drug-likeness (QED) is 0.900. The van der Waals surface area contributed by atoms with Crippen molar-refractivity contribution in [3.63, 3.8) is 0 Å². The van der Waals surface area contributed by atoms with Gasteiger partial charge in [0.2, 0.25) is 5.91 Å². The molecule has 0 radical (unpaired) electrons. The number of hydrogen-bond donors (Lipinski definition) is 2. The number of hydrogen-bond acceptors (Lipinski definition) is 3. The zero-order chi connectivity index (χ0) is 16.4. The van der Waals surface area contributed by atoms with Crippen molar-refractivity contribution < 1.29 is 14.3 Å². The average molecular weight is 317 g/mol. The van der Waals surface area contributed by atoms with Crippen LogP contribution in [0.25, 0.3) is 0 Å². The lowest BCUT2D eigenvalue weighted by atomic mass is 9.78. The van der Waals surface area contributed by atoms with Crippen LogP contribution in [-0.4, -0.2) is 37.0 Å². The van der Waals surface area contributed by atoms with E-state index in [0.717, 1.165) is 13.1 Å². The molecule has 1 aromatic carbocycles. The molecule has 1 heterocycles. The summed E-state index contributed by atoms with van der Waals surface area (Å²) in [6.07, 6.45) is 5.06. The predicted octanol–water partition coefficient (Wildman–Crippen LogP) is 3.06. The second-order valence-corrected chi connectivity index (χ2v) is 6.59. The highest BCUT2D eigenvalue weighted by atomic mass is 16.5. The first-order chi connectivity index (χ1) is 11.0. The van der Waals surface area contributed by atoms with E-state index in [2.05, 4.69) is 10.6 Å². The number of likely N-dealkylation sites (tertiary alicyclic amines) is 1. The molecule has 6 nitrogen and oxygen atoms in total. The van der Waals surface area contributed by atoms with Gasteiger partial charge in [-0.3, -0.25) is 4.79 Å². The molecule has 3 rings (SSSR count). The summed E-state index contributed by atoms with van der Waals surface area (Å²) >= 11 is 0. The van der Waals surface area contributed by atoms with Crippen molar-refractivity contribution in [3.8, 4) is 5.75 Å². The Morgan fingerprint density at radius 1 is 1.17 bits per heavy atom. The molecular formula is C17H23N3O3. The van der Waals surface area contributed by atoms with Crippen molar-refractivity contribution in [2.24, 2.45) is 5.41 Å². The zero-order valence-corrected chi connectivity index (χ0v) is 13.6. The maximum atomic E-state index is 12.3. The van der Waals surface area contributed by atoms with Crippen LogP contribution in [0, 0.1) is 5.41 Å². The largest absolute Gasteiger partial charge is 0.495 e. The van der Waals surface area contributed by atoms with E-state index in [-0.39, 0.29) is 11.9 Å². The van der Waals surface area contributed by atoms with E-state index in [1.807, 2.05) is 4.90 Å². The molecule has 1 aliphatic carbocycles. The van der Waals surface area contributed by atoms with Crippen molar-refractivity contribution in [2.75, 3.05) is 30.8 Å². The van der Waals surface area contributed by atoms with Gasteiger partial charge >= 0.3 is 6.03 Å². The maximum Gasteiger partial charge on any atom is 0.321 e. The van der Waals surface area contributed by atoms with Gasteiger partial charge in [0.15, 0.2) is 0 Å². The number of carbonyl (C=O) groups excluding carboxylic acids is 2. The second kappa shape index (κ2) is 6.10. The molecule has 0 aromatic heterocycles. The van der Waals surface area contributed by atoms with E-state index >= 15 is 0 Å². The predicted molar refractivity (Wildman–Crippen MR) is 88.8 cm³/mol. The van der Waals surface area contributed by atoms with Gasteiger partial charge in [-0.05, 0) is 31.0 Å². The first kappa shape index (κ1) is 15.6. The molecule has 1 spiro atoms. The Balaban J connectivity index is 1.63. The second-order valence-electron chi connectivity index (χ2n) is 6.59. The van der Waals surface area contributed by atoms with E-state index in [9.17, 15) is 9.59 Å². The molecule has 2 fully saturated rings. The third-order valence-corrected chi connectivity index (χ3v) is 4.77. The molecule has 1 saturated carbocycles. The summed E-state index contributed by atoms with van der Waals surface area (Å²) in [6, 6.07) is 5.13. The summed E-state index contributed by atoms with van der Waals surface area (Å²) < 4.78 is 5.21. The van der Waals surface area contributed by atoms with Crippen LogP contribution in [-0.2, 0) is 4.79 Å². The molecule has 0 unspecified atom stereocenters. The van der Waals surface area contributed by atoms with Gasteiger partial charge in [-0.2, -0.15) is 0 Å². The number of methoxy groups -OCH3 is 1. The number of anilines is 2. The van der Waals surface area contributed by atoms with Gasteiger partial charge in [0.05, 0.1) is 12.8 Å². The van der Waals surface area contributed by atoms with Crippen LogP contribution in [0.3, 0.4) is 0 Å². The highest BCUT2D eigenvalue weighted by molar-refractivity contribution is 5.94. The monoisotopic (exact) mass is 317 g/mol. The van der Waals surface area contributed by atoms with E-state index in [1.165, 1.54) is 32.6 Å². The summed E-state index contributed by atoms with van der Waals surface area (Å²) in [7, 11) is 1.54. The zero-order valence-electron chi connectivity index (χ0n) is 13.6. The fourth-order valence-corrected chi connectivity index (χ4v) is 3.62. The molecule has 1 aromatic rings. The summed E-state index contributed by atoms with van der Waals surface area (Å²) in [5.74, 6) is 0.379. The van der Waals surface area contributed by atoms with Gasteiger partial charge in [-0.1, -0.05) is 12.8 Å². The summed E-state index contributed by atoms with van der Waals surface area (Å²) in [6.45, 7) is 3.15. The number of nitrogens with one attached hydrogen (secondary N) is 2. The van der Waals surface area contributed by atoms with Crippen molar-refractivity contribution in [3.05, 3.63) is 18.2 Å². The molecule has 0 atom stereocenters. The highest BCUT2D eigenvalue weighted by Crippen LogP contribution is 2.45. The first-order valence-corrected chi connectivity index (χ1v) is 8.03. The van der Waals surface area contributed by atoms with E-state index < -0.39 is 0 Å². The van der Waals surface area contributed by atoms with E-state index in [0.29, 0.717) is 22.5 Å². The lowest BCUT2D eigenvalue weighted by Gasteiger charge is -2.48. The van der Waals surface area contributed by atoms with Crippen LogP contribution >= 0.6 is 0 Å². The molecule has 1 aliphatic heterocycles. The molecule has 2 aliphatic rings. The summed E-state index contributed by atoms with van der Waals surface area (Å²) in [5.41, 5.74) is 1.58. The minimum atomic E-state index is -0.183. The minimum absolute atomic E-state index is 0.0820. The molecular weight excluding hydrogens is 294 g/mol. The van der Waals surface area contributed by atoms with Crippen molar-refractivity contribution >= 4 is 23.3 Å². The Labute approximate surface area is 136 Å². The number of benzene rings is 1. The standard InChI is InChI=1S/C17H23N3O3/c1-12(21)18-14-9-13(5-6-15(14)23-2)19-16(22)20-10-17(11-20)7-3-4-8-17/h5-6,9H,3-4,7-8,10-11H2,1-2H3,(H,18,21)(H,19,22). The minimum Gasteiger partial charge on any atom is -0.495 e. The number of carbonyl (C=O) groups is 2. The molecule has 6 heteroatoms. The Morgan fingerprint density at radius 3 is 2.48 bits per heavy atom. The number of nitrogens with zero attached hydrogens (tertiary/aromatic N) is 1. The topological polar surface area (TPSA) is 70.7 Å². The average Bonchev–Trinajstić information content (AvgIpc) is 2.95. The third kappa shape index (κ3) is 3.25. The number of amides is 3. The Morgan fingerprint density at radius 2 is 1.87 bits per heavy atom. The summed E-state index contributed by atoms with van der Waals surface area (Å²) in [4.78, 5) is 25.4. The molecule has 1 saturated heterocycles. The first-order valence-electron chi connectivity index (χ1n) is 8.03. The molecule has 3 amide bonds. The maximum absolute atomic E-state index is 12.3. The fraction of sp³-hybridized carbons (Fsp3) is 0.529. The summed E-state index contributed by atoms with van der Waals surface area (Å²) in [5, 5.41) is 5.60. The molecule has 124 valence electrons. The smallest absolute Gasteiger partial charge is 0.321 e. The SMILES string of the molecule is COc1ccc(NC(=O)N2CC3(CCCC3)C2)cc1NC(C)=O. The van der Waals surface area contributed by atoms with Gasteiger partial charge in [0.1, 0.15) is 5.75 Å². The Hall–Kier alpha value is -2.24. The normalized spacial score (nSPS) is 18.4. The van der Waals surface area contributed by atoms with Gasteiger partial charge in [-0.15, -0.1) is 0 Å². The number of ether oxygens (including phenoxy) is 1. The van der Waals surface area contributed by atoms with Crippen LogP contribution in [0.2, 0.25) is 0 Å². The van der Waals surface area contributed by atoms with Crippen LogP contribution < -0.4 is 15.4 Å². The van der Waals surface area contributed by atoms with Gasteiger partial charge in [-0.25, -0.2) is 4.79 Å². The van der Waals surface area contributed by atoms with E-state index in [1.54, 1.807) is 25.3 Å². The van der Waals surface area contributed by atoms with Crippen molar-refractivity contribution in [2.45, 2.75) is 32.6 Å². The molecule has 2 N–H and O–H groups in total. The van der Waals surface area contributed by atoms with Crippen LogP contribution in [0.5, 0.6) is 5.75 Å². The van der Waals surface area contributed by atoms with Crippen LogP contribution in [0.1, 0.15) is 32.6 Å². The van der Waals surface area contributed by atoms with Gasteiger partial charge in [0.25, 0.3) is 0 Å². The number of urea groups is 1. The molecule has 0 bridgehead atoms. The fourth-order valence-electron chi connectivity index (χ4n) is 3.62. The molecule has 23 heavy (non-hydrogen) atoms. The Bertz CT molecular complexity index is 616. The lowest BCUT2D eigenvalue weighted by molar-refractivity contribution is -0.114. The van der Waals surface area contributed by atoms with E-state index in [4.69, 9.17) is 4.74 Å². The lowest BCUT2D eigenvalue weighted by Crippen LogP contribution is -2.58. The van der Waals surface area contributed by atoms with Gasteiger partial charge in [0, 0.05) is 31.1 Å². The number of rotatable bonds is 3. The van der Waals surface area contributed by atoms with Crippen LogP contribution in [0.15, 0.2) is 18.2 Å². The van der Waals surface area contributed by atoms with Gasteiger partial charge < -0.3 is 20.3 Å². The highest BCUT2D eigenvalue weighted by Gasteiger charge is 2.46. The third-order valence-electron chi connectivity index (χ3n) is 4.77. The van der Waals surface area contributed by atoms with Crippen LogP contribution in [0.4, 0.5) is 16.2 Å². The van der Waals surface area contributed by atoms with Crippen molar-refractivity contribution in [1.82, 2.24) is 4.90 Å². The van der Waals surface area contributed by atoms with Crippen molar-refractivity contribution in [1.29, 1.82) is 0 Å². The Kier molecular flexibility index (Phi) is 4.15.